The van der Waals surface area contributed by atoms with E-state index in [0.29, 0.717) is 24.5 Å². The van der Waals surface area contributed by atoms with E-state index in [0.717, 1.165) is 11.1 Å². The van der Waals surface area contributed by atoms with Crippen molar-refractivity contribution in [3.05, 3.63) is 29.3 Å². The molecule has 0 heterocycles. The molecule has 0 radical (unpaired) electrons. The van der Waals surface area contributed by atoms with Crippen molar-refractivity contribution in [2.24, 2.45) is 5.73 Å². The van der Waals surface area contributed by atoms with Crippen LogP contribution in [0, 0.1) is 6.92 Å². The van der Waals surface area contributed by atoms with E-state index in [2.05, 4.69) is 0 Å². The molecule has 0 aliphatic carbocycles. The number of benzene rings is 1. The van der Waals surface area contributed by atoms with E-state index in [1.807, 2.05) is 19.9 Å². The topological polar surface area (TPSA) is 63.4 Å². The Morgan fingerprint density at radius 2 is 1.82 bits per heavy atom. The minimum absolute atomic E-state index is 0.374. The van der Waals surface area contributed by atoms with Crippen LogP contribution in [0.3, 0.4) is 0 Å². The average Bonchev–Trinajstić information content (AvgIpc) is 2.29. The van der Waals surface area contributed by atoms with Gasteiger partial charge in [-0.3, -0.25) is 0 Å². The first kappa shape index (κ1) is 14.2. The molecule has 1 rings (SSSR count). The highest BCUT2D eigenvalue weighted by Gasteiger charge is 2.23. The summed E-state index contributed by atoms with van der Waals surface area (Å²) in [5, 5.41) is 0. The van der Waals surface area contributed by atoms with Gasteiger partial charge in [0.15, 0.2) is 0 Å². The van der Waals surface area contributed by atoms with Crippen molar-refractivity contribution >= 4 is 10.0 Å². The van der Waals surface area contributed by atoms with Crippen LogP contribution in [0.2, 0.25) is 0 Å². The van der Waals surface area contributed by atoms with E-state index in [1.54, 1.807) is 19.1 Å². The second-order valence-electron chi connectivity index (χ2n) is 3.89. The summed E-state index contributed by atoms with van der Waals surface area (Å²) >= 11 is 0. The third-order valence-corrected chi connectivity index (χ3v) is 5.01. The molecule has 2 N–H and O–H groups in total. The maximum Gasteiger partial charge on any atom is 0.243 e. The molecule has 1 aromatic carbocycles. The third-order valence-electron chi connectivity index (χ3n) is 2.80. The Kier molecular flexibility index (Phi) is 4.68. The summed E-state index contributed by atoms with van der Waals surface area (Å²) in [4.78, 5) is 0.374. The molecule has 0 aromatic heterocycles. The second kappa shape index (κ2) is 5.62. The number of aryl methyl sites for hydroxylation is 1. The molecule has 0 fully saturated rings. The van der Waals surface area contributed by atoms with Gasteiger partial charge in [0.2, 0.25) is 10.0 Å². The van der Waals surface area contributed by atoms with Crippen LogP contribution >= 0.6 is 0 Å². The molecular formula is C12H20N2O2S. The average molecular weight is 256 g/mol. The van der Waals surface area contributed by atoms with Crippen LogP contribution in [0.5, 0.6) is 0 Å². The molecular weight excluding hydrogens is 236 g/mol. The van der Waals surface area contributed by atoms with Crippen LogP contribution in [-0.4, -0.2) is 25.8 Å². The van der Waals surface area contributed by atoms with Crippen molar-refractivity contribution < 1.29 is 8.42 Å². The van der Waals surface area contributed by atoms with Crippen molar-refractivity contribution in [2.45, 2.75) is 32.2 Å². The van der Waals surface area contributed by atoms with Gasteiger partial charge in [-0.1, -0.05) is 26.0 Å². The van der Waals surface area contributed by atoms with Crippen molar-refractivity contribution in [3.63, 3.8) is 0 Å². The lowest BCUT2D eigenvalue weighted by molar-refractivity contribution is 0.445. The molecule has 0 spiro atoms. The van der Waals surface area contributed by atoms with E-state index < -0.39 is 10.0 Å². The Hall–Kier alpha value is -0.910. The molecule has 0 amide bonds. The molecule has 0 unspecified atom stereocenters. The van der Waals surface area contributed by atoms with Gasteiger partial charge in [-0.2, -0.15) is 4.31 Å². The minimum atomic E-state index is -3.36. The monoisotopic (exact) mass is 256 g/mol. The van der Waals surface area contributed by atoms with Gasteiger partial charge < -0.3 is 5.73 Å². The molecule has 0 bridgehead atoms. The molecule has 0 aliphatic heterocycles. The first-order chi connectivity index (χ1) is 7.97. The van der Waals surface area contributed by atoms with Gasteiger partial charge in [-0.15, -0.1) is 0 Å². The maximum absolute atomic E-state index is 12.3. The Bertz CT molecular complexity index is 479. The van der Waals surface area contributed by atoms with Crippen LogP contribution in [0.1, 0.15) is 25.0 Å². The summed E-state index contributed by atoms with van der Waals surface area (Å²) in [6.45, 7) is 6.87. The normalized spacial score (nSPS) is 12.1. The maximum atomic E-state index is 12.3. The number of hydrogen-bond acceptors (Lipinski definition) is 3. The first-order valence-corrected chi connectivity index (χ1v) is 7.21. The van der Waals surface area contributed by atoms with Crippen LogP contribution in [0.4, 0.5) is 0 Å². The fourth-order valence-electron chi connectivity index (χ4n) is 1.83. The van der Waals surface area contributed by atoms with E-state index in [9.17, 15) is 8.42 Å². The summed E-state index contributed by atoms with van der Waals surface area (Å²) in [6, 6.07) is 5.24. The predicted octanol–water partition coefficient (Wildman–Crippen LogP) is 1.48. The second-order valence-corrected chi connectivity index (χ2v) is 5.80. The number of nitrogens with two attached hydrogens (primary N) is 1. The SMILES string of the molecule is CCN(CC)S(=O)(=O)c1ccc(CN)cc1C. The lowest BCUT2D eigenvalue weighted by Crippen LogP contribution is -2.31. The lowest BCUT2D eigenvalue weighted by atomic mass is 10.1. The van der Waals surface area contributed by atoms with Gasteiger partial charge in [0.1, 0.15) is 0 Å². The van der Waals surface area contributed by atoms with Crippen molar-refractivity contribution in [3.8, 4) is 0 Å². The van der Waals surface area contributed by atoms with Gasteiger partial charge in [-0.25, -0.2) is 8.42 Å². The van der Waals surface area contributed by atoms with Crippen molar-refractivity contribution in [2.75, 3.05) is 13.1 Å². The van der Waals surface area contributed by atoms with Crippen molar-refractivity contribution in [1.29, 1.82) is 0 Å². The van der Waals surface area contributed by atoms with Gasteiger partial charge in [0.05, 0.1) is 4.90 Å². The Morgan fingerprint density at radius 1 is 1.24 bits per heavy atom. The quantitative estimate of drug-likeness (QED) is 0.868. The lowest BCUT2D eigenvalue weighted by Gasteiger charge is -2.20. The predicted molar refractivity (Wildman–Crippen MR) is 69.2 cm³/mol. The molecule has 4 nitrogen and oxygen atoms in total. The standard InChI is InChI=1S/C12H20N2O2S/c1-4-14(5-2)17(15,16)12-7-6-11(9-13)8-10(12)3/h6-8H,4-5,9,13H2,1-3H3. The summed E-state index contributed by atoms with van der Waals surface area (Å²) in [6.07, 6.45) is 0. The zero-order valence-electron chi connectivity index (χ0n) is 10.6. The van der Waals surface area contributed by atoms with Crippen LogP contribution in [-0.2, 0) is 16.6 Å². The molecule has 0 saturated heterocycles. The number of nitrogens with zero attached hydrogens (tertiary/aromatic N) is 1. The Balaban J connectivity index is 3.24. The van der Waals surface area contributed by atoms with E-state index in [4.69, 9.17) is 5.73 Å². The molecule has 96 valence electrons. The number of hydrogen-bond donors (Lipinski definition) is 1. The summed E-state index contributed by atoms with van der Waals surface area (Å²) < 4.78 is 26.1. The summed E-state index contributed by atoms with van der Waals surface area (Å²) in [5.74, 6) is 0. The van der Waals surface area contributed by atoms with Gasteiger partial charge in [-0.05, 0) is 24.1 Å². The molecule has 5 heteroatoms. The summed E-state index contributed by atoms with van der Waals surface area (Å²) in [7, 11) is -3.36. The largest absolute Gasteiger partial charge is 0.326 e. The highest BCUT2D eigenvalue weighted by Crippen LogP contribution is 2.20. The Morgan fingerprint density at radius 3 is 2.24 bits per heavy atom. The van der Waals surface area contributed by atoms with Crippen LogP contribution in [0.25, 0.3) is 0 Å². The third kappa shape index (κ3) is 2.86. The van der Waals surface area contributed by atoms with E-state index >= 15 is 0 Å². The molecule has 17 heavy (non-hydrogen) atoms. The van der Waals surface area contributed by atoms with Gasteiger partial charge in [0.25, 0.3) is 0 Å². The highest BCUT2D eigenvalue weighted by molar-refractivity contribution is 7.89. The van der Waals surface area contributed by atoms with Crippen molar-refractivity contribution in [1.82, 2.24) is 4.31 Å². The fourth-order valence-corrected chi connectivity index (χ4v) is 3.49. The number of rotatable bonds is 5. The van der Waals surface area contributed by atoms with Gasteiger partial charge >= 0.3 is 0 Å². The highest BCUT2D eigenvalue weighted by atomic mass is 32.2. The zero-order chi connectivity index (χ0) is 13.1. The molecule has 0 saturated carbocycles. The van der Waals surface area contributed by atoms with Gasteiger partial charge in [0, 0.05) is 19.6 Å². The molecule has 0 atom stereocenters. The zero-order valence-corrected chi connectivity index (χ0v) is 11.4. The first-order valence-electron chi connectivity index (χ1n) is 5.77. The van der Waals surface area contributed by atoms with E-state index in [1.165, 1.54) is 4.31 Å². The molecule has 0 aliphatic rings. The molecule has 1 aromatic rings. The van der Waals surface area contributed by atoms with Crippen LogP contribution in [0.15, 0.2) is 23.1 Å². The van der Waals surface area contributed by atoms with E-state index in [-0.39, 0.29) is 0 Å². The Labute approximate surface area is 103 Å². The number of sulfonamides is 1. The smallest absolute Gasteiger partial charge is 0.243 e. The van der Waals surface area contributed by atoms with Crippen LogP contribution < -0.4 is 5.73 Å². The minimum Gasteiger partial charge on any atom is -0.326 e. The fraction of sp³-hybridized carbons (Fsp3) is 0.500. The summed E-state index contributed by atoms with van der Waals surface area (Å²) in [5.41, 5.74) is 7.23.